The molecule has 0 bridgehead atoms. The minimum atomic E-state index is -4.52. The summed E-state index contributed by atoms with van der Waals surface area (Å²) in [4.78, 5) is 14.9. The van der Waals surface area contributed by atoms with Gasteiger partial charge in [-0.05, 0) is 43.2 Å². The molecule has 1 amide bonds. The van der Waals surface area contributed by atoms with Crippen molar-refractivity contribution in [3.05, 3.63) is 65.7 Å². The molecule has 0 radical (unpaired) electrons. The molecule has 0 spiro atoms. The Labute approximate surface area is 181 Å². The predicted molar refractivity (Wildman–Crippen MR) is 111 cm³/mol. The lowest BCUT2D eigenvalue weighted by Crippen LogP contribution is -2.22. The van der Waals surface area contributed by atoms with Crippen LogP contribution in [0.25, 0.3) is 5.69 Å². The standard InChI is InChI=1S/C22H20F4N4O2/c1-32-18-13-30(15-7-4-6-14(12-15)22(24,25)26)28-20(18)21(31)27-19-16(23)8-5-9-17(19)29-10-2-3-11-29/h4-9,12-13H,2-3,10-11H2,1H3,(H,27,31). The van der Waals surface area contributed by atoms with Gasteiger partial charge >= 0.3 is 6.18 Å². The molecule has 10 heteroatoms. The van der Waals surface area contributed by atoms with Crippen molar-refractivity contribution in [2.45, 2.75) is 19.0 Å². The van der Waals surface area contributed by atoms with Crippen LogP contribution in [0.1, 0.15) is 28.9 Å². The van der Waals surface area contributed by atoms with E-state index in [4.69, 9.17) is 4.74 Å². The second kappa shape index (κ2) is 8.52. The number of nitrogens with zero attached hydrogens (tertiary/aromatic N) is 3. The topological polar surface area (TPSA) is 59.4 Å². The first-order valence-electron chi connectivity index (χ1n) is 9.94. The molecule has 2 heterocycles. The van der Waals surface area contributed by atoms with Gasteiger partial charge in [0.25, 0.3) is 5.91 Å². The van der Waals surface area contributed by atoms with Gasteiger partial charge in [0, 0.05) is 13.1 Å². The number of rotatable bonds is 5. The smallest absolute Gasteiger partial charge is 0.416 e. The molecule has 32 heavy (non-hydrogen) atoms. The Morgan fingerprint density at radius 1 is 1.12 bits per heavy atom. The maximum atomic E-state index is 14.6. The van der Waals surface area contributed by atoms with Crippen molar-refractivity contribution in [3.8, 4) is 11.4 Å². The number of anilines is 2. The zero-order valence-corrected chi connectivity index (χ0v) is 17.1. The Morgan fingerprint density at radius 3 is 2.53 bits per heavy atom. The number of carbonyl (C=O) groups is 1. The van der Waals surface area contributed by atoms with Gasteiger partial charge in [-0.1, -0.05) is 12.1 Å². The number of carbonyl (C=O) groups excluding carboxylic acids is 1. The number of nitrogens with one attached hydrogen (secondary N) is 1. The van der Waals surface area contributed by atoms with E-state index in [1.807, 2.05) is 4.90 Å². The number of benzene rings is 2. The molecule has 0 atom stereocenters. The van der Waals surface area contributed by atoms with E-state index in [9.17, 15) is 22.4 Å². The molecule has 168 valence electrons. The summed E-state index contributed by atoms with van der Waals surface area (Å²) in [6.45, 7) is 1.50. The van der Waals surface area contributed by atoms with Crippen molar-refractivity contribution in [2.75, 3.05) is 30.4 Å². The summed E-state index contributed by atoms with van der Waals surface area (Å²) in [5.41, 5.74) is -0.347. The number of hydrogen-bond acceptors (Lipinski definition) is 4. The van der Waals surface area contributed by atoms with Crippen LogP contribution in [-0.2, 0) is 6.18 Å². The Hall–Kier alpha value is -3.56. The fraction of sp³-hybridized carbons (Fsp3) is 0.273. The van der Waals surface area contributed by atoms with Crippen LogP contribution in [0.5, 0.6) is 5.75 Å². The van der Waals surface area contributed by atoms with Gasteiger partial charge in [-0.15, -0.1) is 0 Å². The Morgan fingerprint density at radius 2 is 1.84 bits per heavy atom. The maximum absolute atomic E-state index is 14.6. The van der Waals surface area contributed by atoms with Crippen LogP contribution < -0.4 is 15.0 Å². The summed E-state index contributed by atoms with van der Waals surface area (Å²) in [5.74, 6) is -1.30. The van der Waals surface area contributed by atoms with Gasteiger partial charge in [-0.3, -0.25) is 4.79 Å². The highest BCUT2D eigenvalue weighted by atomic mass is 19.4. The van der Waals surface area contributed by atoms with Gasteiger partial charge in [-0.25, -0.2) is 9.07 Å². The van der Waals surface area contributed by atoms with Crippen molar-refractivity contribution < 1.29 is 27.1 Å². The second-order valence-electron chi connectivity index (χ2n) is 7.32. The lowest BCUT2D eigenvalue weighted by atomic mass is 10.2. The van der Waals surface area contributed by atoms with Crippen molar-refractivity contribution in [1.82, 2.24) is 9.78 Å². The average Bonchev–Trinajstić information content (AvgIpc) is 3.45. The quantitative estimate of drug-likeness (QED) is 0.565. The molecule has 0 unspecified atom stereocenters. The normalized spacial score (nSPS) is 14.0. The van der Waals surface area contributed by atoms with E-state index in [1.165, 1.54) is 31.5 Å². The van der Waals surface area contributed by atoms with Crippen LogP contribution in [-0.4, -0.2) is 35.9 Å². The van der Waals surface area contributed by atoms with Gasteiger partial charge in [0.15, 0.2) is 11.4 Å². The first-order chi connectivity index (χ1) is 15.3. The van der Waals surface area contributed by atoms with Gasteiger partial charge in [0.05, 0.1) is 30.2 Å². The number of aromatic nitrogens is 2. The molecule has 1 fully saturated rings. The van der Waals surface area contributed by atoms with E-state index in [0.29, 0.717) is 5.69 Å². The summed E-state index contributed by atoms with van der Waals surface area (Å²) < 4.78 is 60.0. The molecule has 3 aromatic rings. The maximum Gasteiger partial charge on any atom is 0.416 e. The first-order valence-corrected chi connectivity index (χ1v) is 9.94. The van der Waals surface area contributed by atoms with Crippen LogP contribution in [0.15, 0.2) is 48.7 Å². The predicted octanol–water partition coefficient (Wildman–Crippen LogP) is 4.89. The molecule has 2 aromatic carbocycles. The minimum Gasteiger partial charge on any atom is -0.493 e. The minimum absolute atomic E-state index is 0.0232. The monoisotopic (exact) mass is 448 g/mol. The van der Waals surface area contributed by atoms with E-state index >= 15 is 0 Å². The molecular formula is C22H20F4N4O2. The summed E-state index contributed by atoms with van der Waals surface area (Å²) in [7, 11) is 1.31. The van der Waals surface area contributed by atoms with Crippen molar-refractivity contribution in [2.24, 2.45) is 0 Å². The number of amides is 1. The second-order valence-corrected chi connectivity index (χ2v) is 7.32. The number of methoxy groups -OCH3 is 1. The van der Waals surface area contributed by atoms with Gasteiger partial charge in [0.1, 0.15) is 11.5 Å². The Kier molecular flexibility index (Phi) is 5.77. The molecule has 1 saturated heterocycles. The van der Waals surface area contributed by atoms with Crippen LogP contribution in [0.2, 0.25) is 0 Å². The fourth-order valence-electron chi connectivity index (χ4n) is 3.65. The van der Waals surface area contributed by atoms with E-state index in [1.54, 1.807) is 12.1 Å². The van der Waals surface area contributed by atoms with E-state index < -0.39 is 23.5 Å². The molecule has 1 aliphatic rings. The highest BCUT2D eigenvalue weighted by molar-refractivity contribution is 6.06. The largest absolute Gasteiger partial charge is 0.493 e. The third kappa shape index (κ3) is 4.25. The molecular weight excluding hydrogens is 428 g/mol. The number of hydrogen-bond donors (Lipinski definition) is 1. The zero-order valence-electron chi connectivity index (χ0n) is 17.1. The van der Waals surface area contributed by atoms with E-state index in [-0.39, 0.29) is 22.8 Å². The van der Waals surface area contributed by atoms with Crippen molar-refractivity contribution in [1.29, 1.82) is 0 Å². The van der Waals surface area contributed by atoms with Crippen molar-refractivity contribution >= 4 is 17.3 Å². The fourth-order valence-corrected chi connectivity index (χ4v) is 3.65. The summed E-state index contributed by atoms with van der Waals surface area (Å²) in [6.07, 6.45) is -1.28. The molecule has 1 aromatic heterocycles. The van der Waals surface area contributed by atoms with Crippen molar-refractivity contribution in [3.63, 3.8) is 0 Å². The highest BCUT2D eigenvalue weighted by Crippen LogP contribution is 2.33. The molecule has 0 saturated carbocycles. The molecule has 1 aliphatic heterocycles. The van der Waals surface area contributed by atoms with Gasteiger partial charge in [-0.2, -0.15) is 18.3 Å². The lowest BCUT2D eigenvalue weighted by Gasteiger charge is -2.21. The van der Waals surface area contributed by atoms with Crippen LogP contribution in [0.3, 0.4) is 0 Å². The molecule has 0 aliphatic carbocycles. The molecule has 1 N–H and O–H groups in total. The van der Waals surface area contributed by atoms with Crippen LogP contribution in [0, 0.1) is 5.82 Å². The third-order valence-electron chi connectivity index (χ3n) is 5.23. The molecule has 4 rings (SSSR count). The average molecular weight is 448 g/mol. The highest BCUT2D eigenvalue weighted by Gasteiger charge is 2.31. The van der Waals surface area contributed by atoms with Gasteiger partial charge < -0.3 is 15.0 Å². The van der Waals surface area contributed by atoms with E-state index in [2.05, 4.69) is 10.4 Å². The summed E-state index contributed by atoms with van der Waals surface area (Å²) in [6, 6.07) is 9.06. The number of ether oxygens (including phenoxy) is 1. The zero-order chi connectivity index (χ0) is 22.9. The Balaban J connectivity index is 1.66. The third-order valence-corrected chi connectivity index (χ3v) is 5.23. The Bertz CT molecular complexity index is 1140. The van der Waals surface area contributed by atoms with Crippen LogP contribution >= 0.6 is 0 Å². The summed E-state index contributed by atoms with van der Waals surface area (Å²) >= 11 is 0. The SMILES string of the molecule is COc1cn(-c2cccc(C(F)(F)F)c2)nc1C(=O)Nc1c(F)cccc1N1CCCC1. The number of para-hydroxylation sites is 1. The summed E-state index contributed by atoms with van der Waals surface area (Å²) in [5, 5.41) is 6.66. The first kappa shape index (κ1) is 21.7. The molecule has 6 nitrogen and oxygen atoms in total. The number of halogens is 4. The van der Waals surface area contributed by atoms with Crippen LogP contribution in [0.4, 0.5) is 28.9 Å². The number of alkyl halides is 3. The lowest BCUT2D eigenvalue weighted by molar-refractivity contribution is -0.137. The van der Waals surface area contributed by atoms with E-state index in [0.717, 1.165) is 42.7 Å². The van der Waals surface area contributed by atoms with Gasteiger partial charge in [0.2, 0.25) is 0 Å².